The Morgan fingerprint density at radius 1 is 1.05 bits per heavy atom. The van der Waals surface area contributed by atoms with Gasteiger partial charge in [0, 0.05) is 0 Å². The lowest BCUT2D eigenvalue weighted by Gasteiger charge is -2.40. The van der Waals surface area contributed by atoms with Crippen molar-refractivity contribution in [3.05, 3.63) is 12.2 Å². The first-order chi connectivity index (χ1) is 9.61. The van der Waals surface area contributed by atoms with Crippen LogP contribution in [0.4, 0.5) is 0 Å². The molecule has 1 aliphatic rings. The molecule has 4 unspecified atom stereocenters. The van der Waals surface area contributed by atoms with Crippen LogP contribution in [0, 0.1) is 23.7 Å². The Morgan fingerprint density at radius 2 is 1.70 bits per heavy atom. The molecule has 0 bridgehead atoms. The molecule has 118 valence electrons. The molecule has 0 aromatic carbocycles. The van der Waals surface area contributed by atoms with Gasteiger partial charge in [0.15, 0.2) is 0 Å². The van der Waals surface area contributed by atoms with Crippen LogP contribution in [-0.4, -0.2) is 0 Å². The SMILES string of the molecule is C=C1C(CCCCC)C(C)CCC1C(C)CCCCC. The fourth-order valence-corrected chi connectivity index (χ4v) is 4.12. The molecule has 0 aliphatic heterocycles. The number of allylic oxidation sites excluding steroid dienone is 1. The van der Waals surface area contributed by atoms with Crippen molar-refractivity contribution >= 4 is 0 Å². The van der Waals surface area contributed by atoms with Crippen LogP contribution in [0.1, 0.15) is 91.9 Å². The Bertz CT molecular complexity index is 265. The maximum absolute atomic E-state index is 4.56. The molecule has 1 aliphatic carbocycles. The highest BCUT2D eigenvalue weighted by atomic mass is 14.4. The zero-order valence-corrected chi connectivity index (χ0v) is 14.6. The number of hydrogen-bond donors (Lipinski definition) is 0. The van der Waals surface area contributed by atoms with Gasteiger partial charge < -0.3 is 0 Å². The summed E-state index contributed by atoms with van der Waals surface area (Å²) in [4.78, 5) is 0. The molecule has 0 heterocycles. The zero-order chi connectivity index (χ0) is 15.0. The van der Waals surface area contributed by atoms with Crippen molar-refractivity contribution in [3.8, 4) is 0 Å². The predicted octanol–water partition coefficient (Wildman–Crippen LogP) is 7.00. The second-order valence-corrected chi connectivity index (χ2v) is 7.31. The maximum atomic E-state index is 4.56. The first-order valence-corrected chi connectivity index (χ1v) is 9.30. The fraction of sp³-hybridized carbons (Fsp3) is 0.900. The van der Waals surface area contributed by atoms with Crippen molar-refractivity contribution in [3.63, 3.8) is 0 Å². The summed E-state index contributed by atoms with van der Waals surface area (Å²) >= 11 is 0. The van der Waals surface area contributed by atoms with Crippen LogP contribution in [0.3, 0.4) is 0 Å². The molecule has 0 spiro atoms. The van der Waals surface area contributed by atoms with Gasteiger partial charge >= 0.3 is 0 Å². The molecular weight excluding hydrogens is 240 g/mol. The molecule has 1 saturated carbocycles. The van der Waals surface area contributed by atoms with E-state index in [-0.39, 0.29) is 0 Å². The van der Waals surface area contributed by atoms with Gasteiger partial charge in [-0.2, -0.15) is 0 Å². The first-order valence-electron chi connectivity index (χ1n) is 9.30. The summed E-state index contributed by atoms with van der Waals surface area (Å²) in [6.07, 6.45) is 13.9. The molecule has 0 aromatic rings. The Hall–Kier alpha value is -0.260. The second-order valence-electron chi connectivity index (χ2n) is 7.31. The molecule has 0 radical (unpaired) electrons. The standard InChI is InChI=1S/C20H38/c1-6-8-10-12-16(3)20-15-14-17(4)19(18(20)5)13-11-9-7-2/h16-17,19-20H,5-15H2,1-4H3. The number of hydrogen-bond acceptors (Lipinski definition) is 0. The van der Waals surface area contributed by atoms with Gasteiger partial charge in [-0.25, -0.2) is 0 Å². The van der Waals surface area contributed by atoms with Crippen molar-refractivity contribution in [1.82, 2.24) is 0 Å². The average Bonchev–Trinajstić information content (AvgIpc) is 2.42. The van der Waals surface area contributed by atoms with Crippen LogP contribution in [0.2, 0.25) is 0 Å². The average molecular weight is 279 g/mol. The lowest BCUT2D eigenvalue weighted by Crippen LogP contribution is -2.29. The van der Waals surface area contributed by atoms with E-state index in [2.05, 4.69) is 34.3 Å². The van der Waals surface area contributed by atoms with E-state index in [1.165, 1.54) is 64.2 Å². The van der Waals surface area contributed by atoms with Gasteiger partial charge in [0.1, 0.15) is 0 Å². The molecule has 20 heavy (non-hydrogen) atoms. The van der Waals surface area contributed by atoms with Gasteiger partial charge in [-0.15, -0.1) is 0 Å². The van der Waals surface area contributed by atoms with Crippen LogP contribution in [-0.2, 0) is 0 Å². The van der Waals surface area contributed by atoms with Crippen LogP contribution in [0.5, 0.6) is 0 Å². The first kappa shape index (κ1) is 17.8. The molecule has 0 aromatic heterocycles. The third kappa shape index (κ3) is 5.26. The molecule has 4 atom stereocenters. The van der Waals surface area contributed by atoms with E-state index >= 15 is 0 Å². The minimum absolute atomic E-state index is 0.814. The van der Waals surface area contributed by atoms with E-state index in [1.54, 1.807) is 5.57 Å². The van der Waals surface area contributed by atoms with E-state index in [0.29, 0.717) is 0 Å². The minimum atomic E-state index is 0.814. The van der Waals surface area contributed by atoms with Crippen LogP contribution >= 0.6 is 0 Å². The molecule has 1 rings (SSSR count). The topological polar surface area (TPSA) is 0 Å². The smallest absolute Gasteiger partial charge is 0.0177 e. The van der Waals surface area contributed by atoms with Crippen LogP contribution in [0.25, 0.3) is 0 Å². The third-order valence-electron chi connectivity index (χ3n) is 5.64. The number of unbranched alkanes of at least 4 members (excludes halogenated alkanes) is 4. The Morgan fingerprint density at radius 3 is 2.35 bits per heavy atom. The Balaban J connectivity index is 2.49. The van der Waals surface area contributed by atoms with Crippen molar-refractivity contribution in [2.75, 3.05) is 0 Å². The van der Waals surface area contributed by atoms with Crippen molar-refractivity contribution < 1.29 is 0 Å². The summed E-state index contributed by atoms with van der Waals surface area (Å²) < 4.78 is 0. The largest absolute Gasteiger partial charge is 0.0993 e. The van der Waals surface area contributed by atoms with E-state index in [4.69, 9.17) is 0 Å². The molecule has 0 amide bonds. The van der Waals surface area contributed by atoms with Crippen molar-refractivity contribution in [2.24, 2.45) is 23.7 Å². The third-order valence-corrected chi connectivity index (χ3v) is 5.64. The van der Waals surface area contributed by atoms with E-state index in [0.717, 1.165) is 23.7 Å². The lowest BCUT2D eigenvalue weighted by atomic mass is 9.66. The van der Waals surface area contributed by atoms with Gasteiger partial charge in [-0.3, -0.25) is 0 Å². The molecule has 1 fully saturated rings. The zero-order valence-electron chi connectivity index (χ0n) is 14.6. The predicted molar refractivity (Wildman–Crippen MR) is 92.0 cm³/mol. The Kier molecular flexibility index (Phi) is 8.57. The molecular formula is C20H38. The Labute approximate surface area is 128 Å². The molecule has 0 N–H and O–H groups in total. The summed E-state index contributed by atoms with van der Waals surface area (Å²) in [6.45, 7) is 14.1. The van der Waals surface area contributed by atoms with Crippen LogP contribution < -0.4 is 0 Å². The lowest BCUT2D eigenvalue weighted by molar-refractivity contribution is 0.212. The van der Waals surface area contributed by atoms with E-state index in [1.807, 2.05) is 0 Å². The van der Waals surface area contributed by atoms with E-state index < -0.39 is 0 Å². The molecule has 0 saturated heterocycles. The van der Waals surface area contributed by atoms with Gasteiger partial charge in [-0.1, -0.05) is 84.8 Å². The van der Waals surface area contributed by atoms with Gasteiger partial charge in [0.25, 0.3) is 0 Å². The van der Waals surface area contributed by atoms with E-state index in [9.17, 15) is 0 Å². The summed E-state index contributed by atoms with van der Waals surface area (Å²) in [7, 11) is 0. The van der Waals surface area contributed by atoms with Gasteiger partial charge in [0.05, 0.1) is 0 Å². The van der Waals surface area contributed by atoms with Gasteiger partial charge in [0.2, 0.25) is 0 Å². The quantitative estimate of drug-likeness (QED) is 0.314. The highest BCUT2D eigenvalue weighted by Crippen LogP contribution is 2.44. The van der Waals surface area contributed by atoms with Crippen molar-refractivity contribution in [1.29, 1.82) is 0 Å². The highest BCUT2D eigenvalue weighted by molar-refractivity contribution is 5.11. The maximum Gasteiger partial charge on any atom is -0.0177 e. The van der Waals surface area contributed by atoms with Crippen LogP contribution in [0.15, 0.2) is 12.2 Å². The second kappa shape index (κ2) is 9.64. The van der Waals surface area contributed by atoms with Crippen molar-refractivity contribution in [2.45, 2.75) is 91.9 Å². The monoisotopic (exact) mass is 278 g/mol. The highest BCUT2D eigenvalue weighted by Gasteiger charge is 2.33. The molecule has 0 nitrogen and oxygen atoms in total. The number of rotatable bonds is 9. The summed E-state index contributed by atoms with van der Waals surface area (Å²) in [5, 5.41) is 0. The normalized spacial score (nSPS) is 28.6. The summed E-state index contributed by atoms with van der Waals surface area (Å²) in [6, 6.07) is 0. The minimum Gasteiger partial charge on any atom is -0.0993 e. The molecule has 0 heteroatoms. The summed E-state index contributed by atoms with van der Waals surface area (Å²) in [5.41, 5.74) is 1.61. The van der Waals surface area contributed by atoms with Gasteiger partial charge in [-0.05, 0) is 42.9 Å². The fourth-order valence-electron chi connectivity index (χ4n) is 4.12. The summed E-state index contributed by atoms with van der Waals surface area (Å²) in [5.74, 6) is 3.36.